The first-order valence-electron chi connectivity index (χ1n) is 9.27. The number of ketones is 1. The van der Waals surface area contributed by atoms with E-state index in [0.717, 1.165) is 0 Å². The molecule has 7 heteroatoms. The molecule has 1 aliphatic rings. The third-order valence-corrected chi connectivity index (χ3v) is 4.98. The van der Waals surface area contributed by atoms with Gasteiger partial charge in [-0.25, -0.2) is 4.79 Å². The molecule has 6 nitrogen and oxygen atoms in total. The van der Waals surface area contributed by atoms with E-state index in [4.69, 9.17) is 30.5 Å². The molecule has 0 saturated heterocycles. The number of carbonyl (C=O) groups is 2. The van der Waals surface area contributed by atoms with E-state index in [0.29, 0.717) is 33.4 Å². The molecular formula is C24H17ClO6. The highest BCUT2D eigenvalue weighted by molar-refractivity contribution is 6.33. The highest BCUT2D eigenvalue weighted by atomic mass is 35.5. The Bertz CT molecular complexity index is 1210. The van der Waals surface area contributed by atoms with Crippen LogP contribution in [0.5, 0.6) is 23.0 Å². The third-order valence-electron chi connectivity index (χ3n) is 4.65. The van der Waals surface area contributed by atoms with E-state index in [2.05, 4.69) is 0 Å². The van der Waals surface area contributed by atoms with Crippen LogP contribution in [0.2, 0.25) is 5.02 Å². The van der Waals surface area contributed by atoms with Gasteiger partial charge in [0.05, 0.1) is 30.4 Å². The molecule has 0 N–H and O–H groups in total. The molecule has 156 valence electrons. The fourth-order valence-electron chi connectivity index (χ4n) is 3.11. The summed E-state index contributed by atoms with van der Waals surface area (Å²) in [4.78, 5) is 25.1. The number of Topliss-reactive ketones (excluding diaryl/α,β-unsaturated/α-hetero) is 1. The maximum absolute atomic E-state index is 12.7. The van der Waals surface area contributed by atoms with Gasteiger partial charge in [0.1, 0.15) is 11.5 Å². The minimum Gasteiger partial charge on any atom is -0.493 e. The Labute approximate surface area is 183 Å². The van der Waals surface area contributed by atoms with E-state index in [-0.39, 0.29) is 22.9 Å². The van der Waals surface area contributed by atoms with Crippen molar-refractivity contribution in [2.45, 2.75) is 0 Å². The normalized spacial score (nSPS) is 13.5. The molecule has 1 aliphatic heterocycles. The monoisotopic (exact) mass is 436 g/mol. The molecule has 0 radical (unpaired) electrons. The highest BCUT2D eigenvalue weighted by Crippen LogP contribution is 2.36. The summed E-state index contributed by atoms with van der Waals surface area (Å²) in [5, 5.41) is 0.292. The van der Waals surface area contributed by atoms with Crippen LogP contribution in [0.1, 0.15) is 26.3 Å². The van der Waals surface area contributed by atoms with Gasteiger partial charge in [0.15, 0.2) is 17.3 Å². The van der Waals surface area contributed by atoms with Crippen molar-refractivity contribution in [1.29, 1.82) is 0 Å². The zero-order chi connectivity index (χ0) is 22.0. The van der Waals surface area contributed by atoms with Crippen LogP contribution >= 0.6 is 11.6 Å². The molecule has 1 heterocycles. The molecule has 0 unspecified atom stereocenters. The van der Waals surface area contributed by atoms with Crippen LogP contribution in [0.15, 0.2) is 66.4 Å². The summed E-state index contributed by atoms with van der Waals surface area (Å²) in [5.74, 6) is 0.941. The van der Waals surface area contributed by atoms with Crippen molar-refractivity contribution in [3.05, 3.63) is 88.1 Å². The fraction of sp³-hybridized carbons (Fsp3) is 0.0833. The maximum atomic E-state index is 12.7. The van der Waals surface area contributed by atoms with Crippen LogP contribution < -0.4 is 18.9 Å². The number of carbonyl (C=O) groups excluding carboxylic acids is 2. The van der Waals surface area contributed by atoms with Gasteiger partial charge in [-0.2, -0.15) is 0 Å². The number of hydrogen-bond acceptors (Lipinski definition) is 6. The largest absolute Gasteiger partial charge is 0.493 e. The molecule has 0 aromatic heterocycles. The average molecular weight is 437 g/mol. The fourth-order valence-corrected chi connectivity index (χ4v) is 3.33. The number of esters is 1. The van der Waals surface area contributed by atoms with E-state index in [1.165, 1.54) is 19.2 Å². The molecule has 0 amide bonds. The van der Waals surface area contributed by atoms with Gasteiger partial charge in [0.2, 0.25) is 5.78 Å². The Hall–Kier alpha value is -3.77. The number of halogens is 1. The van der Waals surface area contributed by atoms with Crippen LogP contribution in [0.3, 0.4) is 0 Å². The van der Waals surface area contributed by atoms with Gasteiger partial charge in [-0.1, -0.05) is 29.8 Å². The van der Waals surface area contributed by atoms with Gasteiger partial charge in [-0.15, -0.1) is 0 Å². The predicted molar refractivity (Wildman–Crippen MR) is 115 cm³/mol. The molecule has 3 aromatic carbocycles. The topological polar surface area (TPSA) is 71.1 Å². The smallest absolute Gasteiger partial charge is 0.345 e. The number of ether oxygens (including phenoxy) is 4. The number of methoxy groups -OCH3 is 2. The van der Waals surface area contributed by atoms with E-state index < -0.39 is 5.97 Å². The summed E-state index contributed by atoms with van der Waals surface area (Å²) < 4.78 is 21.6. The summed E-state index contributed by atoms with van der Waals surface area (Å²) in [5.41, 5.74) is 1.33. The number of allylic oxidation sites excluding steroid dienone is 1. The number of rotatable bonds is 5. The first-order chi connectivity index (χ1) is 15.0. The molecule has 0 spiro atoms. The summed E-state index contributed by atoms with van der Waals surface area (Å²) in [7, 11) is 3.08. The lowest BCUT2D eigenvalue weighted by molar-refractivity contribution is 0.0734. The van der Waals surface area contributed by atoms with Crippen LogP contribution in [0.25, 0.3) is 6.08 Å². The van der Waals surface area contributed by atoms with E-state index in [1.807, 2.05) is 0 Å². The number of hydrogen-bond donors (Lipinski definition) is 0. The van der Waals surface area contributed by atoms with Crippen molar-refractivity contribution in [2.75, 3.05) is 14.2 Å². The van der Waals surface area contributed by atoms with Crippen molar-refractivity contribution < 1.29 is 28.5 Å². The van der Waals surface area contributed by atoms with Crippen molar-refractivity contribution in [3.8, 4) is 23.0 Å². The molecule has 3 aromatic rings. The number of fused-ring (bicyclic) bond motifs is 1. The van der Waals surface area contributed by atoms with Gasteiger partial charge < -0.3 is 18.9 Å². The Kier molecular flexibility index (Phi) is 5.64. The first-order valence-corrected chi connectivity index (χ1v) is 9.65. The highest BCUT2D eigenvalue weighted by Gasteiger charge is 2.28. The van der Waals surface area contributed by atoms with Gasteiger partial charge in [-0.3, -0.25) is 4.79 Å². The molecule has 0 aliphatic carbocycles. The maximum Gasteiger partial charge on any atom is 0.345 e. The van der Waals surface area contributed by atoms with Gasteiger partial charge >= 0.3 is 5.97 Å². The number of benzene rings is 3. The minimum absolute atomic E-state index is 0.150. The SMILES string of the molecule is COc1ccc(C=C2Oc3cc(OC(=O)c4ccccc4Cl)ccc3C2=O)cc1OC. The van der Waals surface area contributed by atoms with Gasteiger partial charge in [-0.05, 0) is 48.0 Å². The van der Waals surface area contributed by atoms with Crippen molar-refractivity contribution in [1.82, 2.24) is 0 Å². The average Bonchev–Trinajstić information content (AvgIpc) is 3.08. The van der Waals surface area contributed by atoms with E-state index >= 15 is 0 Å². The van der Waals surface area contributed by atoms with Gasteiger partial charge in [0, 0.05) is 6.07 Å². The third kappa shape index (κ3) is 4.11. The van der Waals surface area contributed by atoms with E-state index in [9.17, 15) is 9.59 Å². The van der Waals surface area contributed by atoms with Gasteiger partial charge in [0.25, 0.3) is 0 Å². The molecular weight excluding hydrogens is 420 g/mol. The molecule has 0 fully saturated rings. The zero-order valence-electron chi connectivity index (χ0n) is 16.7. The van der Waals surface area contributed by atoms with Crippen LogP contribution in [-0.4, -0.2) is 26.0 Å². The summed E-state index contributed by atoms with van der Waals surface area (Å²) in [6.07, 6.45) is 1.61. The molecule has 0 saturated carbocycles. The zero-order valence-corrected chi connectivity index (χ0v) is 17.4. The summed E-state index contributed by atoms with van der Waals surface area (Å²) in [6, 6.07) is 16.4. The second-order valence-electron chi connectivity index (χ2n) is 6.58. The van der Waals surface area contributed by atoms with Crippen molar-refractivity contribution >= 4 is 29.4 Å². The second-order valence-corrected chi connectivity index (χ2v) is 6.99. The standard InChI is InChI=1S/C24H17ClO6/c1-28-19-10-7-14(11-21(19)29-2)12-22-23(26)17-9-8-15(13-20(17)31-22)30-24(27)16-5-3-4-6-18(16)25/h3-13H,1-2H3. The van der Waals surface area contributed by atoms with Crippen LogP contribution in [0.4, 0.5) is 0 Å². The van der Waals surface area contributed by atoms with Crippen molar-refractivity contribution in [3.63, 3.8) is 0 Å². The van der Waals surface area contributed by atoms with E-state index in [1.54, 1.807) is 61.7 Å². The van der Waals surface area contributed by atoms with Crippen LogP contribution in [0, 0.1) is 0 Å². The Morgan fingerprint density at radius 1 is 0.968 bits per heavy atom. The van der Waals surface area contributed by atoms with Crippen molar-refractivity contribution in [2.24, 2.45) is 0 Å². The summed E-state index contributed by atoms with van der Waals surface area (Å²) >= 11 is 6.04. The lowest BCUT2D eigenvalue weighted by Gasteiger charge is -2.08. The Balaban J connectivity index is 1.56. The second kappa shape index (κ2) is 8.53. The summed E-state index contributed by atoms with van der Waals surface area (Å²) in [6.45, 7) is 0. The lowest BCUT2D eigenvalue weighted by Crippen LogP contribution is -2.09. The van der Waals surface area contributed by atoms with Crippen LogP contribution in [-0.2, 0) is 0 Å². The lowest BCUT2D eigenvalue weighted by atomic mass is 10.1. The first kappa shape index (κ1) is 20.5. The molecule has 0 bridgehead atoms. The molecule has 4 rings (SSSR count). The minimum atomic E-state index is -0.601. The predicted octanol–water partition coefficient (Wildman–Crippen LogP) is 5.19. The quantitative estimate of drug-likeness (QED) is 0.311. The Morgan fingerprint density at radius 2 is 1.74 bits per heavy atom. The Morgan fingerprint density at radius 3 is 2.48 bits per heavy atom. The molecule has 0 atom stereocenters. The molecule has 31 heavy (non-hydrogen) atoms.